The van der Waals surface area contributed by atoms with Crippen LogP contribution in [0.5, 0.6) is 0 Å². The van der Waals surface area contributed by atoms with Gasteiger partial charge in [-0.3, -0.25) is 9.78 Å². The largest absolute Gasteiger partial charge is 0.336 e. The maximum atomic E-state index is 11.5. The van der Waals surface area contributed by atoms with Crippen molar-refractivity contribution in [3.05, 3.63) is 28.5 Å². The summed E-state index contributed by atoms with van der Waals surface area (Å²) >= 11 is 3.36. The molecule has 15 heavy (non-hydrogen) atoms. The average Bonchev–Trinajstić information content (AvgIpc) is 2.22. The summed E-state index contributed by atoms with van der Waals surface area (Å²) in [4.78, 5) is 17.4. The summed E-state index contributed by atoms with van der Waals surface area (Å²) in [5.74, 6) is 0.154. The number of rotatable bonds is 2. The highest BCUT2D eigenvalue weighted by molar-refractivity contribution is 9.10. The van der Waals surface area contributed by atoms with Gasteiger partial charge in [-0.25, -0.2) is 0 Å². The second-order valence-electron chi connectivity index (χ2n) is 3.50. The first-order chi connectivity index (χ1) is 7.25. The van der Waals surface area contributed by atoms with Gasteiger partial charge in [0.25, 0.3) is 0 Å². The molecule has 0 radical (unpaired) electrons. The minimum absolute atomic E-state index is 0.154. The molecule has 2 rings (SSSR count). The van der Waals surface area contributed by atoms with Gasteiger partial charge >= 0.3 is 0 Å². The molecule has 4 nitrogen and oxygen atoms in total. The summed E-state index contributed by atoms with van der Waals surface area (Å²) in [7, 11) is 0. The third-order valence-electron chi connectivity index (χ3n) is 2.32. The molecule has 1 N–H and O–H groups in total. The fraction of sp³-hybridized carbons (Fsp3) is 0.400. The van der Waals surface area contributed by atoms with Gasteiger partial charge in [0, 0.05) is 36.5 Å². The van der Waals surface area contributed by atoms with E-state index in [1.54, 1.807) is 12.4 Å². The van der Waals surface area contributed by atoms with E-state index in [2.05, 4.69) is 26.2 Å². The van der Waals surface area contributed by atoms with Gasteiger partial charge in [0.1, 0.15) is 0 Å². The maximum Gasteiger partial charge on any atom is 0.236 e. The van der Waals surface area contributed by atoms with Gasteiger partial charge in [0.15, 0.2) is 0 Å². The van der Waals surface area contributed by atoms with E-state index >= 15 is 0 Å². The number of nitrogens with zero attached hydrogens (tertiary/aromatic N) is 2. The fourth-order valence-corrected chi connectivity index (χ4v) is 1.99. The lowest BCUT2D eigenvalue weighted by molar-refractivity contribution is -0.132. The topological polar surface area (TPSA) is 45.2 Å². The maximum absolute atomic E-state index is 11.5. The fourth-order valence-electron chi connectivity index (χ4n) is 1.58. The molecule has 1 aromatic heterocycles. The van der Waals surface area contributed by atoms with Crippen LogP contribution in [0.4, 0.5) is 0 Å². The number of amides is 1. The van der Waals surface area contributed by atoms with Crippen LogP contribution in [0.3, 0.4) is 0 Å². The summed E-state index contributed by atoms with van der Waals surface area (Å²) in [6.07, 6.45) is 3.53. The van der Waals surface area contributed by atoms with Crippen LogP contribution in [-0.2, 0) is 11.3 Å². The number of pyridine rings is 1. The van der Waals surface area contributed by atoms with Crippen molar-refractivity contribution in [2.45, 2.75) is 6.54 Å². The number of aromatic nitrogens is 1. The molecule has 0 saturated carbocycles. The van der Waals surface area contributed by atoms with E-state index in [0.717, 1.165) is 23.1 Å². The van der Waals surface area contributed by atoms with Crippen molar-refractivity contribution >= 4 is 21.8 Å². The first-order valence-corrected chi connectivity index (χ1v) is 5.63. The van der Waals surface area contributed by atoms with Crippen molar-refractivity contribution < 1.29 is 4.79 Å². The van der Waals surface area contributed by atoms with Crippen molar-refractivity contribution in [2.24, 2.45) is 0 Å². The zero-order chi connectivity index (χ0) is 10.7. The first-order valence-electron chi connectivity index (χ1n) is 4.83. The molecule has 5 heteroatoms. The van der Waals surface area contributed by atoms with E-state index in [0.29, 0.717) is 13.1 Å². The number of carbonyl (C=O) groups is 1. The van der Waals surface area contributed by atoms with E-state index in [1.807, 2.05) is 11.0 Å². The second kappa shape index (κ2) is 4.72. The van der Waals surface area contributed by atoms with Crippen LogP contribution < -0.4 is 5.32 Å². The predicted octanol–water partition coefficient (Wildman–Crippen LogP) is 0.776. The lowest BCUT2D eigenvalue weighted by Crippen LogP contribution is -2.47. The number of carbonyl (C=O) groups excluding carboxylic acids is 1. The molecule has 0 unspecified atom stereocenters. The summed E-state index contributed by atoms with van der Waals surface area (Å²) in [6, 6.07) is 1.99. The normalized spacial score (nSPS) is 16.9. The van der Waals surface area contributed by atoms with Crippen molar-refractivity contribution in [1.82, 2.24) is 15.2 Å². The smallest absolute Gasteiger partial charge is 0.236 e. The standard InChI is InChI=1S/C10H12BrN3O/c11-9-3-8(4-13-5-9)7-14-2-1-12-6-10(14)15/h3-5,12H,1-2,6-7H2. The molecule has 1 fully saturated rings. The molecule has 0 spiro atoms. The molecular weight excluding hydrogens is 258 g/mol. The molecule has 0 atom stereocenters. The van der Waals surface area contributed by atoms with Crippen molar-refractivity contribution in [1.29, 1.82) is 0 Å². The van der Waals surface area contributed by atoms with Gasteiger partial charge in [-0.2, -0.15) is 0 Å². The Labute approximate surface area is 96.8 Å². The zero-order valence-electron chi connectivity index (χ0n) is 8.24. The Morgan fingerprint density at radius 2 is 2.40 bits per heavy atom. The quantitative estimate of drug-likeness (QED) is 0.863. The molecule has 2 heterocycles. The van der Waals surface area contributed by atoms with Crippen molar-refractivity contribution in [3.63, 3.8) is 0 Å². The van der Waals surface area contributed by atoms with Gasteiger partial charge in [0.05, 0.1) is 6.54 Å². The Morgan fingerprint density at radius 3 is 3.13 bits per heavy atom. The summed E-state index contributed by atoms with van der Waals surface area (Å²) in [5, 5.41) is 3.05. The molecule has 80 valence electrons. The van der Waals surface area contributed by atoms with Gasteiger partial charge < -0.3 is 10.2 Å². The highest BCUT2D eigenvalue weighted by Crippen LogP contribution is 2.12. The highest BCUT2D eigenvalue weighted by atomic mass is 79.9. The van der Waals surface area contributed by atoms with Crippen LogP contribution in [0.2, 0.25) is 0 Å². The van der Waals surface area contributed by atoms with Gasteiger partial charge in [-0.05, 0) is 27.6 Å². The van der Waals surface area contributed by atoms with E-state index in [1.165, 1.54) is 0 Å². The second-order valence-corrected chi connectivity index (χ2v) is 4.42. The van der Waals surface area contributed by atoms with Crippen LogP contribution in [0.15, 0.2) is 22.9 Å². The van der Waals surface area contributed by atoms with Crippen molar-refractivity contribution in [2.75, 3.05) is 19.6 Å². The molecule has 1 amide bonds. The molecule has 1 aromatic rings. The predicted molar refractivity (Wildman–Crippen MR) is 60.2 cm³/mol. The SMILES string of the molecule is O=C1CNCCN1Cc1cncc(Br)c1. The van der Waals surface area contributed by atoms with Crippen LogP contribution in [0.1, 0.15) is 5.56 Å². The Balaban J connectivity index is 2.04. The number of hydrogen-bond donors (Lipinski definition) is 1. The minimum atomic E-state index is 0.154. The van der Waals surface area contributed by atoms with Crippen molar-refractivity contribution in [3.8, 4) is 0 Å². The third kappa shape index (κ3) is 2.76. The Hall–Kier alpha value is -0.940. The highest BCUT2D eigenvalue weighted by Gasteiger charge is 2.17. The van der Waals surface area contributed by atoms with Crippen LogP contribution in [0.25, 0.3) is 0 Å². The van der Waals surface area contributed by atoms with Gasteiger partial charge in [0.2, 0.25) is 5.91 Å². The van der Waals surface area contributed by atoms with E-state index in [4.69, 9.17) is 0 Å². The molecule has 0 aromatic carbocycles. The third-order valence-corrected chi connectivity index (χ3v) is 2.76. The lowest BCUT2D eigenvalue weighted by atomic mass is 10.2. The molecular formula is C10H12BrN3O. The lowest BCUT2D eigenvalue weighted by Gasteiger charge is -2.27. The zero-order valence-corrected chi connectivity index (χ0v) is 9.83. The Kier molecular flexibility index (Phi) is 3.33. The minimum Gasteiger partial charge on any atom is -0.336 e. The Bertz CT molecular complexity index is 369. The molecule has 0 aliphatic carbocycles. The van der Waals surface area contributed by atoms with Gasteiger partial charge in [-0.1, -0.05) is 0 Å². The van der Waals surface area contributed by atoms with Crippen LogP contribution >= 0.6 is 15.9 Å². The number of nitrogens with one attached hydrogen (secondary N) is 1. The molecule has 1 saturated heterocycles. The summed E-state index contributed by atoms with van der Waals surface area (Å²) < 4.78 is 0.947. The van der Waals surface area contributed by atoms with Crippen LogP contribution in [0, 0.1) is 0 Å². The number of hydrogen-bond acceptors (Lipinski definition) is 3. The number of halogens is 1. The molecule has 1 aliphatic rings. The van der Waals surface area contributed by atoms with E-state index in [-0.39, 0.29) is 5.91 Å². The van der Waals surface area contributed by atoms with Crippen LogP contribution in [-0.4, -0.2) is 35.4 Å². The monoisotopic (exact) mass is 269 g/mol. The van der Waals surface area contributed by atoms with E-state index in [9.17, 15) is 4.79 Å². The van der Waals surface area contributed by atoms with E-state index < -0.39 is 0 Å². The Morgan fingerprint density at radius 1 is 1.53 bits per heavy atom. The van der Waals surface area contributed by atoms with Gasteiger partial charge in [-0.15, -0.1) is 0 Å². The average molecular weight is 270 g/mol. The number of piperazine rings is 1. The first kappa shape index (κ1) is 10.6. The molecule has 1 aliphatic heterocycles. The summed E-state index contributed by atoms with van der Waals surface area (Å²) in [6.45, 7) is 2.73. The summed E-state index contributed by atoms with van der Waals surface area (Å²) in [5.41, 5.74) is 1.06. The molecule has 0 bridgehead atoms.